The molecule has 1 radical (unpaired) electrons. The van der Waals surface area contributed by atoms with Crippen LogP contribution in [0.25, 0.3) is 0 Å². The van der Waals surface area contributed by atoms with Crippen LogP contribution in [0, 0.1) is 0 Å². The first kappa shape index (κ1) is 18.9. The van der Waals surface area contributed by atoms with E-state index in [9.17, 15) is 19.2 Å². The Morgan fingerprint density at radius 3 is 0.867 bits per heavy atom. The number of hydrogen-bond acceptors (Lipinski definition) is 6. The third kappa shape index (κ3) is 32.9. The highest BCUT2D eigenvalue weighted by molar-refractivity contribution is 6.31. The fraction of sp³-hybridized carbons (Fsp3) is 0.333. The number of carbonyl (C=O) groups is 4. The normalized spacial score (nSPS) is 6.93. The number of Topliss-reactive ketones (excluding diaryl/α,β-unsaturated/α-hetero) is 2. The van der Waals surface area contributed by atoms with E-state index in [-0.39, 0.29) is 7.69 Å². The Bertz CT molecular complexity index is 187. The molecule has 0 amide bonds. The first-order valence-electron chi connectivity index (χ1n) is 3.28. The maximum absolute atomic E-state index is 9.54. The molecule has 0 saturated carbocycles. The van der Waals surface area contributed by atoms with Crippen LogP contribution in [0.15, 0.2) is 0 Å². The second kappa shape index (κ2) is 12.3. The van der Waals surface area contributed by atoms with Crippen molar-refractivity contribution in [1.82, 2.24) is 0 Å². The van der Waals surface area contributed by atoms with Gasteiger partial charge in [-0.15, -0.1) is 0 Å². The number of carbonyl (C=O) groups excluding carboxylic acids is 2. The standard InChI is InChI=1S/2C3H4O3.BH2O2/c2*1-2(4)3(5)6;2-1-3/h2*1H3,(H,5,6);2-3H. The molecule has 0 aromatic carbocycles. The van der Waals surface area contributed by atoms with Gasteiger partial charge in [-0.1, -0.05) is 0 Å². The molecule has 0 spiro atoms. The first-order valence-corrected chi connectivity index (χ1v) is 3.28. The van der Waals surface area contributed by atoms with Gasteiger partial charge in [0.15, 0.2) is 0 Å². The molecule has 0 saturated heterocycles. The van der Waals surface area contributed by atoms with Crippen molar-refractivity contribution in [3.8, 4) is 0 Å². The molecule has 0 aliphatic carbocycles. The zero-order chi connectivity index (χ0) is 13.0. The summed E-state index contributed by atoms with van der Waals surface area (Å²) in [6.07, 6.45) is 0. The minimum Gasteiger partial charge on any atom is -0.476 e. The van der Waals surface area contributed by atoms with Crippen molar-refractivity contribution in [1.29, 1.82) is 0 Å². The van der Waals surface area contributed by atoms with E-state index in [0.29, 0.717) is 0 Å². The summed E-state index contributed by atoms with van der Waals surface area (Å²) in [6, 6.07) is 0. The number of carboxylic acid groups (broad SMARTS) is 2. The van der Waals surface area contributed by atoms with Crippen molar-refractivity contribution in [3.63, 3.8) is 0 Å². The van der Waals surface area contributed by atoms with Crippen LogP contribution in [-0.4, -0.2) is 51.5 Å². The van der Waals surface area contributed by atoms with Crippen LogP contribution in [0.5, 0.6) is 0 Å². The fourth-order valence-corrected chi connectivity index (χ4v) is 0. The van der Waals surface area contributed by atoms with Gasteiger partial charge in [0, 0.05) is 13.8 Å². The second-order valence-electron chi connectivity index (χ2n) is 1.84. The zero-order valence-electron chi connectivity index (χ0n) is 8.00. The van der Waals surface area contributed by atoms with Crippen LogP contribution in [-0.2, 0) is 19.2 Å². The molecule has 0 bridgehead atoms. The lowest BCUT2D eigenvalue weighted by molar-refractivity contribution is -0.148. The van der Waals surface area contributed by atoms with Gasteiger partial charge in [0.25, 0.3) is 0 Å². The third-order valence-electron chi connectivity index (χ3n) is 0.602. The molecule has 8 nitrogen and oxygen atoms in total. The smallest absolute Gasteiger partial charge is 0.476 e. The molecule has 0 aliphatic heterocycles. The molecule has 0 aliphatic rings. The lowest BCUT2D eigenvalue weighted by Gasteiger charge is -1.73. The largest absolute Gasteiger partial charge is 0.482 e. The van der Waals surface area contributed by atoms with Crippen molar-refractivity contribution in [2.75, 3.05) is 0 Å². The zero-order valence-corrected chi connectivity index (χ0v) is 8.00. The Morgan fingerprint density at radius 2 is 0.867 bits per heavy atom. The summed E-state index contributed by atoms with van der Waals surface area (Å²) in [4.78, 5) is 37.8. The van der Waals surface area contributed by atoms with Gasteiger partial charge in [-0.3, -0.25) is 9.59 Å². The van der Waals surface area contributed by atoms with E-state index < -0.39 is 23.5 Å². The minimum absolute atomic E-state index is 0. The maximum Gasteiger partial charge on any atom is 0.482 e. The van der Waals surface area contributed by atoms with Crippen molar-refractivity contribution in [2.45, 2.75) is 13.8 Å². The molecule has 0 aromatic rings. The SMILES string of the molecule is CC(=O)C(=O)O.CC(=O)C(=O)O.O[B]O. The number of hydrogen-bond donors (Lipinski definition) is 4. The third-order valence-corrected chi connectivity index (χ3v) is 0.602. The van der Waals surface area contributed by atoms with Gasteiger partial charge in [0.05, 0.1) is 0 Å². The quantitative estimate of drug-likeness (QED) is 0.303. The van der Waals surface area contributed by atoms with Crippen LogP contribution in [0.3, 0.4) is 0 Å². The topological polar surface area (TPSA) is 149 Å². The minimum atomic E-state index is -1.38. The van der Waals surface area contributed by atoms with Crippen molar-refractivity contribution >= 4 is 31.2 Å². The molecular formula is C6H10BO8. The molecular weight excluding hydrogens is 211 g/mol. The first-order chi connectivity index (χ1) is 6.70. The molecule has 0 unspecified atom stereocenters. The molecule has 0 rings (SSSR count). The van der Waals surface area contributed by atoms with E-state index in [2.05, 4.69) is 0 Å². The summed E-state index contributed by atoms with van der Waals surface area (Å²) in [5, 5.41) is 29.3. The van der Waals surface area contributed by atoms with Gasteiger partial charge in [-0.2, -0.15) is 0 Å². The number of carboxylic acids is 2. The van der Waals surface area contributed by atoms with E-state index in [1.807, 2.05) is 0 Å². The highest BCUT2D eigenvalue weighted by atomic mass is 16.4. The van der Waals surface area contributed by atoms with Crippen LogP contribution in [0.2, 0.25) is 0 Å². The molecule has 85 valence electrons. The second-order valence-corrected chi connectivity index (χ2v) is 1.84. The molecule has 0 atom stereocenters. The highest BCUT2D eigenvalue weighted by Crippen LogP contribution is 1.62. The van der Waals surface area contributed by atoms with E-state index >= 15 is 0 Å². The molecule has 0 aromatic heterocycles. The van der Waals surface area contributed by atoms with Gasteiger partial charge in [0.2, 0.25) is 11.6 Å². The summed E-state index contributed by atoms with van der Waals surface area (Å²) in [5.41, 5.74) is 0. The fourth-order valence-electron chi connectivity index (χ4n) is 0. The number of ketones is 2. The molecule has 4 N–H and O–H groups in total. The van der Waals surface area contributed by atoms with E-state index in [1.54, 1.807) is 0 Å². The van der Waals surface area contributed by atoms with E-state index in [1.165, 1.54) is 0 Å². The van der Waals surface area contributed by atoms with Gasteiger partial charge in [0.1, 0.15) is 0 Å². The van der Waals surface area contributed by atoms with Crippen molar-refractivity contribution in [2.24, 2.45) is 0 Å². The van der Waals surface area contributed by atoms with Gasteiger partial charge in [-0.25, -0.2) is 9.59 Å². The Balaban J connectivity index is -0.000000153. The van der Waals surface area contributed by atoms with E-state index in [0.717, 1.165) is 13.8 Å². The van der Waals surface area contributed by atoms with Gasteiger partial charge in [-0.05, 0) is 0 Å². The molecule has 0 heterocycles. The Hall–Kier alpha value is -1.74. The van der Waals surface area contributed by atoms with Gasteiger partial charge >= 0.3 is 19.6 Å². The average molecular weight is 221 g/mol. The summed E-state index contributed by atoms with van der Waals surface area (Å²) >= 11 is 0. The number of aliphatic carboxylic acids is 2. The van der Waals surface area contributed by atoms with Crippen molar-refractivity contribution < 1.29 is 39.4 Å². The summed E-state index contributed by atoms with van der Waals surface area (Å²) in [5.74, 6) is -4.41. The van der Waals surface area contributed by atoms with Crippen molar-refractivity contribution in [3.05, 3.63) is 0 Å². The summed E-state index contributed by atoms with van der Waals surface area (Å²) in [6.45, 7) is 2.00. The summed E-state index contributed by atoms with van der Waals surface area (Å²) < 4.78 is 0. The molecule has 0 fully saturated rings. The lowest BCUT2D eigenvalue weighted by Crippen LogP contribution is -2.05. The highest BCUT2D eigenvalue weighted by Gasteiger charge is 1.99. The lowest BCUT2D eigenvalue weighted by atomic mass is 10.5. The maximum atomic E-state index is 9.54. The Morgan fingerprint density at radius 1 is 0.800 bits per heavy atom. The van der Waals surface area contributed by atoms with Crippen LogP contribution in [0.1, 0.15) is 13.8 Å². The molecule has 9 heteroatoms. The van der Waals surface area contributed by atoms with Crippen LogP contribution >= 0.6 is 0 Å². The molecule has 15 heavy (non-hydrogen) atoms. The van der Waals surface area contributed by atoms with Crippen LogP contribution in [0.4, 0.5) is 0 Å². The van der Waals surface area contributed by atoms with Gasteiger partial charge < -0.3 is 20.3 Å². The average Bonchev–Trinajstić information content (AvgIpc) is 2.06. The van der Waals surface area contributed by atoms with E-state index in [4.69, 9.17) is 20.3 Å². The predicted molar refractivity (Wildman–Crippen MR) is 46.8 cm³/mol. The number of rotatable bonds is 2. The Labute approximate surface area is 85.5 Å². The Kier molecular flexibility index (Phi) is 15.5. The predicted octanol–water partition coefficient (Wildman–Crippen LogP) is -2.17. The monoisotopic (exact) mass is 221 g/mol. The van der Waals surface area contributed by atoms with Crippen LogP contribution < -0.4 is 0 Å². The summed E-state index contributed by atoms with van der Waals surface area (Å²) in [7, 11) is 0.